The Morgan fingerprint density at radius 1 is 0.900 bits per heavy atom. The van der Waals surface area contributed by atoms with Gasteiger partial charge in [-0.25, -0.2) is 13.6 Å². The third-order valence-electron chi connectivity index (χ3n) is 3.26. The Labute approximate surface area is 120 Å². The van der Waals surface area contributed by atoms with Crippen LogP contribution in [0.25, 0.3) is 11.1 Å². The maximum absolute atomic E-state index is 11.6. The smallest absolute Gasteiger partial charge is 0.225 e. The monoisotopic (exact) mass is 289 g/mol. The molecule has 0 aliphatic heterocycles. The highest BCUT2D eigenvalue weighted by Crippen LogP contribution is 2.29. The molecule has 2 aromatic carbocycles. The summed E-state index contributed by atoms with van der Waals surface area (Å²) < 4.78 is 23.3. The van der Waals surface area contributed by atoms with Gasteiger partial charge in [0.15, 0.2) is 0 Å². The zero-order valence-corrected chi connectivity index (χ0v) is 12.7. The predicted molar refractivity (Wildman–Crippen MR) is 82.0 cm³/mol. The first kappa shape index (κ1) is 14.8. The highest BCUT2D eigenvalue weighted by atomic mass is 32.2. The van der Waals surface area contributed by atoms with E-state index in [9.17, 15) is 8.42 Å². The molecule has 0 amide bonds. The predicted octanol–water partition coefficient (Wildman–Crippen LogP) is 3.30. The lowest BCUT2D eigenvalue weighted by Crippen LogP contribution is -2.13. The second-order valence-corrected chi connectivity index (χ2v) is 7.40. The van der Waals surface area contributed by atoms with Crippen LogP contribution in [-0.2, 0) is 15.4 Å². The minimum Gasteiger partial charge on any atom is -0.225 e. The molecule has 4 heteroatoms. The number of nitrogens with two attached hydrogens (primary N) is 1. The van der Waals surface area contributed by atoms with Gasteiger partial charge in [-0.1, -0.05) is 63.2 Å². The molecule has 0 fully saturated rings. The molecule has 20 heavy (non-hydrogen) atoms. The molecular weight excluding hydrogens is 270 g/mol. The molecule has 0 aliphatic carbocycles. The maximum Gasteiger partial charge on any atom is 0.238 e. The highest BCUT2D eigenvalue weighted by molar-refractivity contribution is 7.89. The van der Waals surface area contributed by atoms with Crippen LogP contribution < -0.4 is 5.14 Å². The van der Waals surface area contributed by atoms with Gasteiger partial charge < -0.3 is 0 Å². The largest absolute Gasteiger partial charge is 0.238 e. The van der Waals surface area contributed by atoms with Crippen LogP contribution in [0.2, 0.25) is 0 Å². The van der Waals surface area contributed by atoms with Gasteiger partial charge in [0.2, 0.25) is 10.0 Å². The van der Waals surface area contributed by atoms with Gasteiger partial charge in [-0.3, -0.25) is 0 Å². The Hall–Kier alpha value is -1.65. The van der Waals surface area contributed by atoms with Gasteiger partial charge in [-0.2, -0.15) is 0 Å². The molecule has 106 valence electrons. The summed E-state index contributed by atoms with van der Waals surface area (Å²) in [5.41, 5.74) is 2.75. The molecule has 0 bridgehead atoms. The summed E-state index contributed by atoms with van der Waals surface area (Å²) in [6.45, 7) is 6.42. The molecule has 0 heterocycles. The van der Waals surface area contributed by atoms with Crippen molar-refractivity contribution < 1.29 is 8.42 Å². The average molecular weight is 289 g/mol. The summed E-state index contributed by atoms with van der Waals surface area (Å²) in [6.07, 6.45) is 0. The van der Waals surface area contributed by atoms with E-state index in [-0.39, 0.29) is 10.3 Å². The Kier molecular flexibility index (Phi) is 3.71. The molecule has 0 saturated carbocycles. The van der Waals surface area contributed by atoms with E-state index in [1.807, 2.05) is 30.3 Å². The van der Waals surface area contributed by atoms with Crippen LogP contribution in [0.4, 0.5) is 0 Å². The maximum atomic E-state index is 11.6. The minimum absolute atomic E-state index is 0.0675. The fourth-order valence-corrected chi connectivity index (χ4v) is 2.86. The fourth-order valence-electron chi connectivity index (χ4n) is 2.10. The first-order valence-corrected chi connectivity index (χ1v) is 7.97. The Morgan fingerprint density at radius 2 is 1.45 bits per heavy atom. The fraction of sp³-hybridized carbons (Fsp3) is 0.250. The van der Waals surface area contributed by atoms with E-state index in [4.69, 9.17) is 5.14 Å². The van der Waals surface area contributed by atoms with E-state index < -0.39 is 10.0 Å². The first-order chi connectivity index (χ1) is 9.19. The number of rotatable bonds is 2. The van der Waals surface area contributed by atoms with Crippen LogP contribution in [0.5, 0.6) is 0 Å². The van der Waals surface area contributed by atoms with E-state index in [0.717, 1.165) is 5.56 Å². The zero-order chi connectivity index (χ0) is 15.0. The summed E-state index contributed by atoms with van der Waals surface area (Å²) >= 11 is 0. The molecule has 2 N–H and O–H groups in total. The van der Waals surface area contributed by atoms with E-state index in [1.165, 1.54) is 11.6 Å². The lowest BCUT2D eigenvalue weighted by atomic mass is 9.86. The number of hydrogen-bond acceptors (Lipinski definition) is 2. The van der Waals surface area contributed by atoms with Crippen LogP contribution in [-0.4, -0.2) is 8.42 Å². The molecule has 0 spiro atoms. The molecule has 0 atom stereocenters. The lowest BCUT2D eigenvalue weighted by Gasteiger charge is -2.19. The van der Waals surface area contributed by atoms with Gasteiger partial charge in [0, 0.05) is 5.56 Å². The molecule has 0 unspecified atom stereocenters. The van der Waals surface area contributed by atoms with Crippen molar-refractivity contribution in [3.63, 3.8) is 0 Å². The van der Waals surface area contributed by atoms with Crippen molar-refractivity contribution in [2.45, 2.75) is 31.1 Å². The topological polar surface area (TPSA) is 60.2 Å². The summed E-state index contributed by atoms with van der Waals surface area (Å²) in [4.78, 5) is 0.156. The van der Waals surface area contributed by atoms with Gasteiger partial charge in [0.1, 0.15) is 0 Å². The standard InChI is InChI=1S/C16H19NO2S/c1-16(2,3)13-10-8-12(9-11-13)14-6-4-5-7-15(14)20(17,18)19/h4-11H,1-3H3,(H2,17,18,19). The van der Waals surface area contributed by atoms with Crippen molar-refractivity contribution in [1.29, 1.82) is 0 Å². The summed E-state index contributed by atoms with van der Waals surface area (Å²) in [7, 11) is -3.72. The van der Waals surface area contributed by atoms with E-state index >= 15 is 0 Å². The Balaban J connectivity index is 2.54. The molecular formula is C16H19NO2S. The van der Waals surface area contributed by atoms with E-state index in [1.54, 1.807) is 12.1 Å². The Bertz CT molecular complexity index is 711. The summed E-state index contributed by atoms with van der Waals surface area (Å²) in [5.74, 6) is 0. The normalized spacial score (nSPS) is 12.4. The van der Waals surface area contributed by atoms with Crippen LogP contribution in [0, 0.1) is 0 Å². The van der Waals surface area contributed by atoms with E-state index in [0.29, 0.717) is 5.56 Å². The Morgan fingerprint density at radius 3 is 1.95 bits per heavy atom. The average Bonchev–Trinajstić information content (AvgIpc) is 2.37. The van der Waals surface area contributed by atoms with Gasteiger partial charge in [-0.15, -0.1) is 0 Å². The number of primary sulfonamides is 1. The van der Waals surface area contributed by atoms with Gasteiger partial charge in [0.25, 0.3) is 0 Å². The van der Waals surface area contributed by atoms with Crippen LogP contribution in [0.1, 0.15) is 26.3 Å². The SMILES string of the molecule is CC(C)(C)c1ccc(-c2ccccc2S(N)(=O)=O)cc1. The van der Waals surface area contributed by atoms with Crippen LogP contribution in [0.3, 0.4) is 0 Å². The molecule has 0 radical (unpaired) electrons. The molecule has 0 aliphatic rings. The van der Waals surface area contributed by atoms with Crippen molar-refractivity contribution in [2.24, 2.45) is 5.14 Å². The van der Waals surface area contributed by atoms with Crippen molar-refractivity contribution in [3.05, 3.63) is 54.1 Å². The van der Waals surface area contributed by atoms with Crippen molar-refractivity contribution >= 4 is 10.0 Å². The third kappa shape index (κ3) is 3.08. The number of benzene rings is 2. The van der Waals surface area contributed by atoms with Crippen LogP contribution in [0.15, 0.2) is 53.4 Å². The van der Waals surface area contributed by atoms with Crippen LogP contribution >= 0.6 is 0 Å². The minimum atomic E-state index is -3.72. The lowest BCUT2D eigenvalue weighted by molar-refractivity contribution is 0.590. The zero-order valence-electron chi connectivity index (χ0n) is 11.9. The van der Waals surface area contributed by atoms with Gasteiger partial charge in [0.05, 0.1) is 4.90 Å². The second kappa shape index (κ2) is 5.04. The molecule has 0 aromatic heterocycles. The number of hydrogen-bond donors (Lipinski definition) is 1. The van der Waals surface area contributed by atoms with E-state index in [2.05, 4.69) is 20.8 Å². The summed E-state index contributed by atoms with van der Waals surface area (Å²) in [6, 6.07) is 14.7. The van der Waals surface area contributed by atoms with Crippen molar-refractivity contribution in [1.82, 2.24) is 0 Å². The van der Waals surface area contributed by atoms with Gasteiger partial charge >= 0.3 is 0 Å². The first-order valence-electron chi connectivity index (χ1n) is 6.42. The molecule has 2 rings (SSSR count). The quantitative estimate of drug-likeness (QED) is 0.922. The second-order valence-electron chi connectivity index (χ2n) is 5.87. The highest BCUT2D eigenvalue weighted by Gasteiger charge is 2.16. The molecule has 0 saturated heterocycles. The van der Waals surface area contributed by atoms with Crippen molar-refractivity contribution in [2.75, 3.05) is 0 Å². The molecule has 2 aromatic rings. The molecule has 3 nitrogen and oxygen atoms in total. The number of sulfonamides is 1. The van der Waals surface area contributed by atoms with Gasteiger partial charge in [-0.05, 0) is 22.6 Å². The summed E-state index contributed by atoms with van der Waals surface area (Å²) in [5, 5.41) is 5.27. The van der Waals surface area contributed by atoms with Crippen molar-refractivity contribution in [3.8, 4) is 11.1 Å². The third-order valence-corrected chi connectivity index (χ3v) is 4.22.